The lowest BCUT2D eigenvalue weighted by atomic mass is 9.78. The van der Waals surface area contributed by atoms with Crippen molar-refractivity contribution in [3.05, 3.63) is 0 Å². The number of carbonyl (C=O) groups is 1. The maximum atomic E-state index is 12.2. The summed E-state index contributed by atoms with van der Waals surface area (Å²) in [6.45, 7) is 6.53. The van der Waals surface area contributed by atoms with E-state index in [1.165, 1.54) is 12.8 Å². The first-order valence-corrected chi connectivity index (χ1v) is 7.19. The number of carbonyl (C=O) groups excluding carboxylic acids is 1. The number of hydrogen-bond donors (Lipinski definition) is 2. The number of amides is 1. The monoisotopic (exact) mass is 274 g/mol. The van der Waals surface area contributed by atoms with Crippen molar-refractivity contribution in [1.82, 2.24) is 10.6 Å². The molecule has 0 spiro atoms. The molecule has 1 aliphatic heterocycles. The molecule has 0 aromatic carbocycles. The fraction of sp³-hybridized carbons (Fsp3) is 0.929. The van der Waals surface area contributed by atoms with E-state index in [4.69, 9.17) is 0 Å². The van der Waals surface area contributed by atoms with Crippen LogP contribution in [0.25, 0.3) is 0 Å². The van der Waals surface area contributed by atoms with Crippen molar-refractivity contribution >= 4 is 18.3 Å². The summed E-state index contributed by atoms with van der Waals surface area (Å²) in [5.41, 5.74) is 0. The third-order valence-electron chi connectivity index (χ3n) is 4.70. The largest absolute Gasteiger partial charge is 0.353 e. The molecule has 0 bridgehead atoms. The zero-order valence-corrected chi connectivity index (χ0v) is 12.4. The Bertz CT molecular complexity index is 267. The average Bonchev–Trinajstić information content (AvgIpc) is 2.36. The third-order valence-corrected chi connectivity index (χ3v) is 4.70. The van der Waals surface area contributed by atoms with Crippen LogP contribution in [0, 0.1) is 17.8 Å². The van der Waals surface area contributed by atoms with Crippen molar-refractivity contribution in [2.24, 2.45) is 17.8 Å². The summed E-state index contributed by atoms with van der Waals surface area (Å²) in [4.78, 5) is 12.2. The van der Waals surface area contributed by atoms with E-state index >= 15 is 0 Å². The number of piperidine rings is 1. The molecule has 1 saturated carbocycles. The lowest BCUT2D eigenvalue weighted by molar-refractivity contribution is -0.127. The zero-order chi connectivity index (χ0) is 12.3. The maximum Gasteiger partial charge on any atom is 0.224 e. The summed E-state index contributed by atoms with van der Waals surface area (Å²) in [6, 6.07) is 0.410. The molecule has 18 heavy (non-hydrogen) atoms. The zero-order valence-electron chi connectivity index (χ0n) is 11.6. The van der Waals surface area contributed by atoms with Crippen LogP contribution in [0.5, 0.6) is 0 Å². The minimum absolute atomic E-state index is 0. The van der Waals surface area contributed by atoms with Gasteiger partial charge < -0.3 is 10.6 Å². The Morgan fingerprint density at radius 1 is 1.17 bits per heavy atom. The average molecular weight is 275 g/mol. The predicted molar refractivity (Wildman–Crippen MR) is 77.0 cm³/mol. The third kappa shape index (κ3) is 3.86. The van der Waals surface area contributed by atoms with Gasteiger partial charge in [-0.25, -0.2) is 0 Å². The van der Waals surface area contributed by atoms with E-state index in [1.54, 1.807) is 0 Å². The SMILES string of the molecule is CC1CCCC(NC(=O)[C@@H]2CCCNC2)C1C.Cl. The Hall–Kier alpha value is -0.280. The number of nitrogens with one attached hydrogen (secondary N) is 2. The Balaban J connectivity index is 0.00000162. The van der Waals surface area contributed by atoms with Crippen molar-refractivity contribution in [2.75, 3.05) is 13.1 Å². The molecule has 2 N–H and O–H groups in total. The molecule has 0 radical (unpaired) electrons. The van der Waals surface area contributed by atoms with E-state index in [9.17, 15) is 4.79 Å². The molecule has 1 saturated heterocycles. The predicted octanol–water partition coefficient (Wildman–Crippen LogP) is 2.35. The van der Waals surface area contributed by atoms with Crippen molar-refractivity contribution in [1.29, 1.82) is 0 Å². The molecule has 1 heterocycles. The van der Waals surface area contributed by atoms with Crippen LogP contribution < -0.4 is 10.6 Å². The van der Waals surface area contributed by atoms with E-state index in [-0.39, 0.29) is 24.2 Å². The van der Waals surface area contributed by atoms with Crippen LogP contribution in [0.15, 0.2) is 0 Å². The molecule has 1 aliphatic carbocycles. The molecule has 1 amide bonds. The van der Waals surface area contributed by atoms with Gasteiger partial charge in [-0.05, 0) is 37.6 Å². The van der Waals surface area contributed by atoms with Gasteiger partial charge in [0, 0.05) is 12.6 Å². The lowest BCUT2D eigenvalue weighted by Crippen LogP contribution is -2.48. The molecule has 4 atom stereocenters. The van der Waals surface area contributed by atoms with Crippen molar-refractivity contribution < 1.29 is 4.79 Å². The summed E-state index contributed by atoms with van der Waals surface area (Å²) in [5, 5.41) is 6.60. The highest BCUT2D eigenvalue weighted by molar-refractivity contribution is 5.85. The molecule has 3 unspecified atom stereocenters. The van der Waals surface area contributed by atoms with Crippen molar-refractivity contribution in [3.8, 4) is 0 Å². The number of hydrogen-bond acceptors (Lipinski definition) is 2. The normalized spacial score (nSPS) is 36.6. The Labute approximate surface area is 117 Å². The van der Waals surface area contributed by atoms with Crippen LogP contribution in [0.3, 0.4) is 0 Å². The highest BCUT2D eigenvalue weighted by Crippen LogP contribution is 2.29. The summed E-state index contributed by atoms with van der Waals surface area (Å²) >= 11 is 0. The Kier molecular flexibility index (Phi) is 6.44. The van der Waals surface area contributed by atoms with Gasteiger partial charge in [-0.15, -0.1) is 12.4 Å². The number of halogens is 1. The summed E-state index contributed by atoms with van der Waals surface area (Å²) in [7, 11) is 0. The molecular weight excluding hydrogens is 248 g/mol. The van der Waals surface area contributed by atoms with E-state index in [0.717, 1.165) is 38.3 Å². The smallest absolute Gasteiger partial charge is 0.224 e. The molecule has 2 rings (SSSR count). The highest BCUT2D eigenvalue weighted by atomic mass is 35.5. The highest BCUT2D eigenvalue weighted by Gasteiger charge is 2.30. The molecule has 106 valence electrons. The van der Waals surface area contributed by atoms with Crippen LogP contribution in [-0.4, -0.2) is 25.0 Å². The second kappa shape index (κ2) is 7.34. The van der Waals surface area contributed by atoms with Crippen LogP contribution in [0.4, 0.5) is 0 Å². The Morgan fingerprint density at radius 2 is 1.94 bits per heavy atom. The van der Waals surface area contributed by atoms with Crippen LogP contribution in [0.1, 0.15) is 46.0 Å². The first kappa shape index (κ1) is 15.8. The minimum atomic E-state index is 0. The van der Waals surface area contributed by atoms with Crippen molar-refractivity contribution in [3.63, 3.8) is 0 Å². The van der Waals surface area contributed by atoms with E-state index in [2.05, 4.69) is 24.5 Å². The van der Waals surface area contributed by atoms with Gasteiger partial charge in [0.05, 0.1) is 5.92 Å². The van der Waals surface area contributed by atoms with Gasteiger partial charge in [-0.3, -0.25) is 4.79 Å². The molecule has 0 aromatic rings. The first-order valence-electron chi connectivity index (χ1n) is 7.19. The van der Waals surface area contributed by atoms with Crippen LogP contribution >= 0.6 is 12.4 Å². The van der Waals surface area contributed by atoms with Gasteiger partial charge in [-0.1, -0.05) is 26.7 Å². The maximum absolute atomic E-state index is 12.2. The van der Waals surface area contributed by atoms with Gasteiger partial charge in [0.1, 0.15) is 0 Å². The Morgan fingerprint density at radius 3 is 2.61 bits per heavy atom. The summed E-state index contributed by atoms with van der Waals surface area (Å²) in [5.74, 6) is 1.86. The summed E-state index contributed by atoms with van der Waals surface area (Å²) in [6.07, 6.45) is 5.93. The van der Waals surface area contributed by atoms with Gasteiger partial charge in [0.2, 0.25) is 5.91 Å². The van der Waals surface area contributed by atoms with Gasteiger partial charge >= 0.3 is 0 Å². The lowest BCUT2D eigenvalue weighted by Gasteiger charge is -2.35. The molecule has 2 fully saturated rings. The van der Waals surface area contributed by atoms with Gasteiger partial charge in [-0.2, -0.15) is 0 Å². The van der Waals surface area contributed by atoms with E-state index in [1.807, 2.05) is 0 Å². The van der Waals surface area contributed by atoms with Gasteiger partial charge in [0.15, 0.2) is 0 Å². The molecule has 0 aromatic heterocycles. The summed E-state index contributed by atoms with van der Waals surface area (Å²) < 4.78 is 0. The quantitative estimate of drug-likeness (QED) is 0.812. The van der Waals surface area contributed by atoms with Crippen LogP contribution in [-0.2, 0) is 4.79 Å². The second-order valence-corrected chi connectivity index (χ2v) is 5.93. The molecule has 4 heteroatoms. The second-order valence-electron chi connectivity index (χ2n) is 5.93. The fourth-order valence-corrected chi connectivity index (χ4v) is 3.16. The minimum Gasteiger partial charge on any atom is -0.353 e. The molecular formula is C14H27ClN2O. The van der Waals surface area contributed by atoms with Crippen molar-refractivity contribution in [2.45, 2.75) is 52.0 Å². The van der Waals surface area contributed by atoms with Gasteiger partial charge in [0.25, 0.3) is 0 Å². The fourth-order valence-electron chi connectivity index (χ4n) is 3.16. The van der Waals surface area contributed by atoms with Crippen LogP contribution in [0.2, 0.25) is 0 Å². The molecule has 2 aliphatic rings. The van der Waals surface area contributed by atoms with E-state index < -0.39 is 0 Å². The first-order chi connectivity index (χ1) is 8.18. The standard InChI is InChI=1S/C14H26N2O.ClH/c1-10-5-3-7-13(11(10)2)16-14(17)12-6-4-8-15-9-12;/h10-13,15H,3-9H2,1-2H3,(H,16,17);1H/t10?,11?,12-,13?;/m1./s1. The topological polar surface area (TPSA) is 41.1 Å². The number of rotatable bonds is 2. The van der Waals surface area contributed by atoms with E-state index in [0.29, 0.717) is 12.0 Å². The molecule has 3 nitrogen and oxygen atoms in total.